The summed E-state index contributed by atoms with van der Waals surface area (Å²) in [7, 11) is -3.19. The Kier molecular flexibility index (Phi) is 3.65. The summed E-state index contributed by atoms with van der Waals surface area (Å²) >= 11 is 0. The van der Waals surface area contributed by atoms with E-state index in [1.54, 1.807) is 11.1 Å². The normalized spacial score (nSPS) is 17.1. The number of sulfonamides is 1. The molecule has 22 heavy (non-hydrogen) atoms. The highest BCUT2D eigenvalue weighted by Gasteiger charge is 2.27. The molecular weight excluding hydrogens is 304 g/mol. The molecule has 0 spiro atoms. The topological polar surface area (TPSA) is 75.0 Å². The van der Waals surface area contributed by atoms with Crippen LogP contribution in [0, 0.1) is 6.92 Å². The number of aryl methyl sites for hydroxylation is 1. The van der Waals surface area contributed by atoms with Gasteiger partial charge in [-0.05, 0) is 24.6 Å². The maximum absolute atomic E-state index is 12.5. The lowest BCUT2D eigenvalue weighted by Gasteiger charge is -2.32. The molecule has 0 radical (unpaired) electrons. The molecule has 0 atom stereocenters. The number of nitrogens with zero attached hydrogens (tertiary/aromatic N) is 4. The molecular formula is C14H18N4O3S. The van der Waals surface area contributed by atoms with Crippen LogP contribution in [0.15, 0.2) is 24.5 Å². The summed E-state index contributed by atoms with van der Waals surface area (Å²) in [5.74, 6) is -0.158. The molecule has 2 aromatic heterocycles. The minimum absolute atomic E-state index is 0.158. The maximum Gasteiger partial charge on any atom is 0.274 e. The molecule has 0 aliphatic carbocycles. The predicted molar refractivity (Wildman–Crippen MR) is 82.2 cm³/mol. The van der Waals surface area contributed by atoms with Crippen molar-refractivity contribution in [3.63, 3.8) is 0 Å². The predicted octanol–water partition coefficient (Wildman–Crippen LogP) is 0.360. The minimum atomic E-state index is -3.19. The molecule has 0 unspecified atom stereocenters. The first-order valence-corrected chi connectivity index (χ1v) is 8.89. The molecule has 1 amide bonds. The zero-order valence-corrected chi connectivity index (χ0v) is 13.4. The summed E-state index contributed by atoms with van der Waals surface area (Å²) in [6, 6.07) is 3.87. The second kappa shape index (κ2) is 5.36. The van der Waals surface area contributed by atoms with E-state index < -0.39 is 10.0 Å². The Hall–Kier alpha value is -1.93. The van der Waals surface area contributed by atoms with Crippen molar-refractivity contribution in [3.05, 3.63) is 35.8 Å². The van der Waals surface area contributed by atoms with E-state index in [4.69, 9.17) is 0 Å². The van der Waals surface area contributed by atoms with Gasteiger partial charge in [0.1, 0.15) is 11.3 Å². The van der Waals surface area contributed by atoms with Crippen molar-refractivity contribution in [2.24, 2.45) is 0 Å². The van der Waals surface area contributed by atoms with Crippen LogP contribution in [0.4, 0.5) is 0 Å². The van der Waals surface area contributed by atoms with Gasteiger partial charge in [-0.1, -0.05) is 0 Å². The summed E-state index contributed by atoms with van der Waals surface area (Å²) in [6.07, 6.45) is 4.77. The molecule has 0 N–H and O–H groups in total. The van der Waals surface area contributed by atoms with Crippen molar-refractivity contribution in [1.29, 1.82) is 0 Å². The number of aromatic nitrogens is 2. The molecule has 118 valence electrons. The van der Waals surface area contributed by atoms with Crippen LogP contribution in [0.1, 0.15) is 16.1 Å². The Labute approximate surface area is 129 Å². The summed E-state index contributed by atoms with van der Waals surface area (Å²) in [5.41, 5.74) is 2.20. The number of pyridine rings is 1. The molecule has 7 nitrogen and oxygen atoms in total. The maximum atomic E-state index is 12.5. The SMILES string of the molecule is Cc1ccn2cc(C(=O)N3CCN(S(C)(=O)=O)CC3)nc2c1. The molecule has 3 heterocycles. The molecule has 1 fully saturated rings. The zero-order chi connectivity index (χ0) is 15.9. The van der Waals surface area contributed by atoms with Gasteiger partial charge in [-0.2, -0.15) is 4.31 Å². The lowest BCUT2D eigenvalue weighted by molar-refractivity contribution is 0.0693. The fourth-order valence-corrected chi connectivity index (χ4v) is 3.40. The molecule has 1 aliphatic heterocycles. The van der Waals surface area contributed by atoms with E-state index in [9.17, 15) is 13.2 Å². The lowest BCUT2D eigenvalue weighted by Crippen LogP contribution is -2.50. The van der Waals surface area contributed by atoms with E-state index in [0.29, 0.717) is 31.9 Å². The van der Waals surface area contributed by atoms with E-state index in [-0.39, 0.29) is 5.91 Å². The van der Waals surface area contributed by atoms with Gasteiger partial charge in [0.2, 0.25) is 10.0 Å². The molecule has 0 aromatic carbocycles. The second-order valence-electron chi connectivity index (χ2n) is 5.55. The number of carbonyl (C=O) groups is 1. The van der Waals surface area contributed by atoms with Crippen LogP contribution in [0.3, 0.4) is 0 Å². The van der Waals surface area contributed by atoms with Gasteiger partial charge in [0.15, 0.2) is 0 Å². The first-order valence-electron chi connectivity index (χ1n) is 7.04. The summed E-state index contributed by atoms with van der Waals surface area (Å²) in [5, 5.41) is 0. The Morgan fingerprint density at radius 3 is 2.55 bits per heavy atom. The third-order valence-electron chi connectivity index (χ3n) is 3.83. The summed E-state index contributed by atoms with van der Waals surface area (Å²) < 4.78 is 26.2. The third-order valence-corrected chi connectivity index (χ3v) is 5.13. The number of hydrogen-bond donors (Lipinski definition) is 0. The second-order valence-corrected chi connectivity index (χ2v) is 7.53. The average molecular weight is 322 g/mol. The van der Waals surface area contributed by atoms with E-state index in [0.717, 1.165) is 11.2 Å². The van der Waals surface area contributed by atoms with Crippen LogP contribution in [0.5, 0.6) is 0 Å². The summed E-state index contributed by atoms with van der Waals surface area (Å²) in [4.78, 5) is 18.5. The average Bonchev–Trinajstić information content (AvgIpc) is 2.88. The van der Waals surface area contributed by atoms with Crippen molar-refractivity contribution in [3.8, 4) is 0 Å². The van der Waals surface area contributed by atoms with Gasteiger partial charge in [0.25, 0.3) is 5.91 Å². The van der Waals surface area contributed by atoms with Gasteiger partial charge in [0, 0.05) is 38.6 Å². The van der Waals surface area contributed by atoms with Crippen molar-refractivity contribution in [2.45, 2.75) is 6.92 Å². The Morgan fingerprint density at radius 1 is 1.23 bits per heavy atom. The molecule has 1 saturated heterocycles. The standard InChI is InChI=1S/C14H18N4O3S/c1-11-3-4-17-10-12(15-13(17)9-11)14(19)16-5-7-18(8-6-16)22(2,20)21/h3-4,9-10H,5-8H2,1-2H3. The van der Waals surface area contributed by atoms with E-state index in [1.165, 1.54) is 10.6 Å². The molecule has 8 heteroatoms. The Morgan fingerprint density at radius 2 is 1.91 bits per heavy atom. The largest absolute Gasteiger partial charge is 0.335 e. The number of imidazole rings is 1. The third kappa shape index (κ3) is 2.84. The number of amides is 1. The highest BCUT2D eigenvalue weighted by Crippen LogP contribution is 2.12. The van der Waals surface area contributed by atoms with Gasteiger partial charge < -0.3 is 9.30 Å². The van der Waals surface area contributed by atoms with Gasteiger partial charge in [-0.25, -0.2) is 13.4 Å². The number of fused-ring (bicyclic) bond motifs is 1. The molecule has 2 aromatic rings. The molecule has 0 bridgehead atoms. The smallest absolute Gasteiger partial charge is 0.274 e. The van der Waals surface area contributed by atoms with Crippen molar-refractivity contribution in [2.75, 3.05) is 32.4 Å². The van der Waals surface area contributed by atoms with Crippen LogP contribution in [-0.4, -0.2) is 65.3 Å². The minimum Gasteiger partial charge on any atom is -0.335 e. The van der Waals surface area contributed by atoms with Crippen LogP contribution >= 0.6 is 0 Å². The number of hydrogen-bond acceptors (Lipinski definition) is 4. The molecule has 1 aliphatic rings. The van der Waals surface area contributed by atoms with E-state index in [2.05, 4.69) is 4.98 Å². The zero-order valence-electron chi connectivity index (χ0n) is 12.6. The number of piperazine rings is 1. The first kappa shape index (κ1) is 15.0. The van der Waals surface area contributed by atoms with Gasteiger partial charge >= 0.3 is 0 Å². The highest BCUT2D eigenvalue weighted by atomic mass is 32.2. The number of rotatable bonds is 2. The van der Waals surface area contributed by atoms with Gasteiger partial charge in [-0.3, -0.25) is 4.79 Å². The summed E-state index contributed by atoms with van der Waals surface area (Å²) in [6.45, 7) is 3.41. The van der Waals surface area contributed by atoms with Gasteiger partial charge in [-0.15, -0.1) is 0 Å². The molecule has 0 saturated carbocycles. The molecule has 3 rings (SSSR count). The van der Waals surface area contributed by atoms with Crippen LogP contribution in [0.2, 0.25) is 0 Å². The fourth-order valence-electron chi connectivity index (χ4n) is 2.57. The Bertz CT molecular complexity index is 820. The Balaban J connectivity index is 1.76. The van der Waals surface area contributed by atoms with Crippen LogP contribution < -0.4 is 0 Å². The van der Waals surface area contributed by atoms with E-state index in [1.807, 2.05) is 29.7 Å². The van der Waals surface area contributed by atoms with Crippen LogP contribution in [-0.2, 0) is 10.0 Å². The van der Waals surface area contributed by atoms with E-state index >= 15 is 0 Å². The monoisotopic (exact) mass is 322 g/mol. The highest BCUT2D eigenvalue weighted by molar-refractivity contribution is 7.88. The van der Waals surface area contributed by atoms with Crippen molar-refractivity contribution >= 4 is 21.6 Å². The first-order chi connectivity index (χ1) is 10.3. The van der Waals surface area contributed by atoms with Crippen molar-refractivity contribution < 1.29 is 13.2 Å². The van der Waals surface area contributed by atoms with Gasteiger partial charge in [0.05, 0.1) is 6.26 Å². The van der Waals surface area contributed by atoms with Crippen LogP contribution in [0.25, 0.3) is 5.65 Å². The lowest BCUT2D eigenvalue weighted by atomic mass is 10.3. The quantitative estimate of drug-likeness (QED) is 0.800. The fraction of sp³-hybridized carbons (Fsp3) is 0.429. The van der Waals surface area contributed by atoms with Crippen molar-refractivity contribution in [1.82, 2.24) is 18.6 Å². The number of carbonyl (C=O) groups excluding carboxylic acids is 1.